The van der Waals surface area contributed by atoms with E-state index in [1.165, 1.54) is 11.1 Å². The van der Waals surface area contributed by atoms with Crippen molar-refractivity contribution in [2.24, 2.45) is 0 Å². The average Bonchev–Trinajstić information content (AvgIpc) is 2.67. The summed E-state index contributed by atoms with van der Waals surface area (Å²) in [6, 6.07) is 12.4. The van der Waals surface area contributed by atoms with E-state index >= 15 is 0 Å². The molecular weight excluding hydrogens is 376 g/mol. The molecule has 0 aliphatic carbocycles. The lowest BCUT2D eigenvalue weighted by atomic mass is 9.77. The largest absolute Gasteiger partial charge is 0.493 e. The zero-order valence-electron chi connectivity index (χ0n) is 17.2. The number of hydrogen-bond donors (Lipinski definition) is 2. The SMILES string of the molecule is Cc1cc(C(C)(C)c2ccc(OCC(O)CO)c(C)c2)ccc1OCCCCl. The van der Waals surface area contributed by atoms with Crippen molar-refractivity contribution in [3.8, 4) is 11.5 Å². The van der Waals surface area contributed by atoms with Gasteiger partial charge in [0.2, 0.25) is 0 Å². The molecule has 2 N–H and O–H groups in total. The van der Waals surface area contributed by atoms with E-state index < -0.39 is 6.10 Å². The van der Waals surface area contributed by atoms with Crippen molar-refractivity contribution < 1.29 is 19.7 Å². The van der Waals surface area contributed by atoms with Gasteiger partial charge >= 0.3 is 0 Å². The van der Waals surface area contributed by atoms with Crippen molar-refractivity contribution in [1.29, 1.82) is 0 Å². The fraction of sp³-hybridized carbons (Fsp3) is 0.478. The van der Waals surface area contributed by atoms with Crippen LogP contribution in [-0.4, -0.2) is 42.0 Å². The van der Waals surface area contributed by atoms with Crippen LogP contribution in [0.25, 0.3) is 0 Å². The Balaban J connectivity index is 2.19. The first-order valence-corrected chi connectivity index (χ1v) is 10.2. The highest BCUT2D eigenvalue weighted by Gasteiger charge is 2.24. The number of ether oxygens (including phenoxy) is 2. The molecule has 154 valence electrons. The molecule has 2 aromatic carbocycles. The molecule has 1 unspecified atom stereocenters. The number of hydrogen-bond acceptors (Lipinski definition) is 4. The fourth-order valence-electron chi connectivity index (χ4n) is 3.04. The number of benzene rings is 2. The van der Waals surface area contributed by atoms with E-state index in [1.807, 2.05) is 25.1 Å². The number of halogens is 1. The first-order chi connectivity index (χ1) is 13.3. The third-order valence-electron chi connectivity index (χ3n) is 4.97. The van der Waals surface area contributed by atoms with Crippen LogP contribution in [0, 0.1) is 13.8 Å². The van der Waals surface area contributed by atoms with E-state index in [4.69, 9.17) is 26.2 Å². The predicted octanol–water partition coefficient (Wildman–Crippen LogP) is 4.37. The highest BCUT2D eigenvalue weighted by Crippen LogP contribution is 2.35. The molecule has 4 nitrogen and oxygen atoms in total. The predicted molar refractivity (Wildman–Crippen MR) is 114 cm³/mol. The summed E-state index contributed by atoms with van der Waals surface area (Å²) in [7, 11) is 0. The van der Waals surface area contributed by atoms with Crippen molar-refractivity contribution in [1.82, 2.24) is 0 Å². The van der Waals surface area contributed by atoms with Gasteiger partial charge < -0.3 is 19.7 Å². The molecule has 0 saturated heterocycles. The lowest BCUT2D eigenvalue weighted by Gasteiger charge is -2.28. The highest BCUT2D eigenvalue weighted by molar-refractivity contribution is 6.17. The molecule has 0 aliphatic heterocycles. The summed E-state index contributed by atoms with van der Waals surface area (Å²) >= 11 is 5.71. The van der Waals surface area contributed by atoms with Gasteiger partial charge in [-0.05, 0) is 54.7 Å². The molecule has 0 heterocycles. The van der Waals surface area contributed by atoms with E-state index in [2.05, 4.69) is 39.0 Å². The van der Waals surface area contributed by atoms with Crippen molar-refractivity contribution in [2.75, 3.05) is 25.7 Å². The van der Waals surface area contributed by atoms with Crippen LogP contribution in [-0.2, 0) is 5.41 Å². The number of rotatable bonds is 10. The summed E-state index contributed by atoms with van der Waals surface area (Å²) in [5.74, 6) is 2.21. The van der Waals surface area contributed by atoms with Crippen molar-refractivity contribution in [2.45, 2.75) is 45.6 Å². The van der Waals surface area contributed by atoms with Gasteiger partial charge in [-0.15, -0.1) is 11.6 Å². The summed E-state index contributed by atoms with van der Waals surface area (Å²) in [4.78, 5) is 0. The van der Waals surface area contributed by atoms with Gasteiger partial charge in [0.25, 0.3) is 0 Å². The second-order valence-electron chi connectivity index (χ2n) is 7.62. The van der Waals surface area contributed by atoms with Gasteiger partial charge in [0.1, 0.15) is 24.2 Å². The van der Waals surface area contributed by atoms with Crippen LogP contribution >= 0.6 is 11.6 Å². The van der Waals surface area contributed by atoms with Gasteiger partial charge in [0.05, 0.1) is 13.2 Å². The van der Waals surface area contributed by atoms with Gasteiger partial charge in [-0.25, -0.2) is 0 Å². The van der Waals surface area contributed by atoms with Crippen LogP contribution in [0.1, 0.15) is 42.5 Å². The molecule has 0 spiro atoms. The Kier molecular flexibility index (Phi) is 8.17. The standard InChI is InChI=1S/C23H31ClO4/c1-16-12-18(6-8-21(16)27-11-5-10-24)23(3,4)19-7-9-22(17(2)13-19)28-15-20(26)14-25/h6-9,12-13,20,25-26H,5,10-11,14-15H2,1-4H3. The summed E-state index contributed by atoms with van der Waals surface area (Å²) in [5, 5.41) is 18.4. The zero-order chi connectivity index (χ0) is 20.7. The van der Waals surface area contributed by atoms with Gasteiger partial charge in [-0.1, -0.05) is 38.1 Å². The van der Waals surface area contributed by atoms with Crippen molar-refractivity contribution in [3.63, 3.8) is 0 Å². The molecule has 0 fully saturated rings. The van der Waals surface area contributed by atoms with E-state index in [9.17, 15) is 5.11 Å². The Morgan fingerprint density at radius 2 is 1.50 bits per heavy atom. The first-order valence-electron chi connectivity index (χ1n) is 9.62. The lowest BCUT2D eigenvalue weighted by Crippen LogP contribution is -2.22. The smallest absolute Gasteiger partial charge is 0.122 e. The number of alkyl halides is 1. The Morgan fingerprint density at radius 3 is 1.96 bits per heavy atom. The van der Waals surface area contributed by atoms with Gasteiger partial charge in [-0.3, -0.25) is 0 Å². The van der Waals surface area contributed by atoms with E-state index in [-0.39, 0.29) is 18.6 Å². The maximum Gasteiger partial charge on any atom is 0.122 e. The minimum absolute atomic E-state index is 0.0739. The van der Waals surface area contributed by atoms with Crippen LogP contribution < -0.4 is 9.47 Å². The summed E-state index contributed by atoms with van der Waals surface area (Å²) < 4.78 is 11.4. The number of aryl methyl sites for hydroxylation is 2. The number of aliphatic hydroxyl groups excluding tert-OH is 2. The first kappa shape index (κ1) is 22.5. The highest BCUT2D eigenvalue weighted by atomic mass is 35.5. The van der Waals surface area contributed by atoms with Crippen LogP contribution in [0.2, 0.25) is 0 Å². The lowest BCUT2D eigenvalue weighted by molar-refractivity contribution is 0.0534. The van der Waals surface area contributed by atoms with E-state index in [0.29, 0.717) is 18.2 Å². The van der Waals surface area contributed by atoms with Gasteiger partial charge in [0, 0.05) is 11.3 Å². The molecule has 2 aromatic rings. The second kappa shape index (κ2) is 10.1. The molecule has 2 rings (SSSR count). The Morgan fingerprint density at radius 1 is 0.964 bits per heavy atom. The normalized spacial score (nSPS) is 12.7. The van der Waals surface area contributed by atoms with E-state index in [1.54, 1.807) is 0 Å². The molecular formula is C23H31ClO4. The fourth-order valence-corrected chi connectivity index (χ4v) is 3.15. The molecule has 0 saturated carbocycles. The van der Waals surface area contributed by atoms with Crippen molar-refractivity contribution in [3.05, 3.63) is 58.7 Å². The van der Waals surface area contributed by atoms with Gasteiger partial charge in [-0.2, -0.15) is 0 Å². The number of aliphatic hydroxyl groups is 2. The molecule has 0 amide bonds. The molecule has 0 aromatic heterocycles. The van der Waals surface area contributed by atoms with Crippen LogP contribution in [0.3, 0.4) is 0 Å². The molecule has 28 heavy (non-hydrogen) atoms. The maximum absolute atomic E-state index is 9.47. The summed E-state index contributed by atoms with van der Waals surface area (Å²) in [5.41, 5.74) is 4.30. The molecule has 0 radical (unpaired) electrons. The zero-order valence-corrected chi connectivity index (χ0v) is 17.9. The van der Waals surface area contributed by atoms with Crippen LogP contribution in [0.4, 0.5) is 0 Å². The minimum Gasteiger partial charge on any atom is -0.493 e. The Labute approximate surface area is 173 Å². The quantitative estimate of drug-likeness (QED) is 0.454. The molecule has 1 atom stereocenters. The van der Waals surface area contributed by atoms with Crippen molar-refractivity contribution >= 4 is 11.6 Å². The van der Waals surface area contributed by atoms with E-state index in [0.717, 1.165) is 23.3 Å². The Hall–Kier alpha value is -1.75. The van der Waals surface area contributed by atoms with Crippen LogP contribution in [0.15, 0.2) is 36.4 Å². The van der Waals surface area contributed by atoms with Gasteiger partial charge in [0.15, 0.2) is 0 Å². The van der Waals surface area contributed by atoms with Crippen LogP contribution in [0.5, 0.6) is 11.5 Å². The summed E-state index contributed by atoms with van der Waals surface area (Å²) in [6.07, 6.45) is -0.0410. The third-order valence-corrected chi connectivity index (χ3v) is 5.24. The molecule has 5 heteroatoms. The third kappa shape index (κ3) is 5.63. The monoisotopic (exact) mass is 406 g/mol. The second-order valence-corrected chi connectivity index (χ2v) is 8.00. The topological polar surface area (TPSA) is 58.9 Å². The molecule has 0 bridgehead atoms. The molecule has 0 aliphatic rings. The Bertz CT molecular complexity index is 773. The summed E-state index contributed by atoms with van der Waals surface area (Å²) in [6.45, 7) is 8.82. The minimum atomic E-state index is -0.872. The maximum atomic E-state index is 9.47. The average molecular weight is 407 g/mol.